The molecule has 4 heteroatoms. The van der Waals surface area contributed by atoms with Crippen molar-refractivity contribution in [3.8, 4) is 11.4 Å². The molecule has 0 bridgehead atoms. The number of benzene rings is 2. The molecule has 0 atom stereocenters. The summed E-state index contributed by atoms with van der Waals surface area (Å²) >= 11 is 0. The molecule has 128 valence electrons. The third-order valence-electron chi connectivity index (χ3n) is 4.56. The first kappa shape index (κ1) is 15.8. The predicted octanol–water partition coefficient (Wildman–Crippen LogP) is 4.54. The van der Waals surface area contributed by atoms with Gasteiger partial charge in [0.1, 0.15) is 18.2 Å². The van der Waals surface area contributed by atoms with Crippen molar-refractivity contribution < 1.29 is 4.74 Å². The summed E-state index contributed by atoms with van der Waals surface area (Å²) in [5.74, 6) is 2.44. The highest BCUT2D eigenvalue weighted by atomic mass is 16.5. The van der Waals surface area contributed by atoms with Gasteiger partial charge in [0.25, 0.3) is 0 Å². The van der Waals surface area contributed by atoms with Crippen LogP contribution < -0.4 is 10.1 Å². The first-order valence-corrected chi connectivity index (χ1v) is 8.85. The molecule has 1 N–H and O–H groups in total. The van der Waals surface area contributed by atoms with Crippen molar-refractivity contribution in [3.05, 3.63) is 71.4 Å². The maximum absolute atomic E-state index is 5.87. The molecule has 3 aromatic rings. The van der Waals surface area contributed by atoms with Crippen molar-refractivity contribution in [2.45, 2.75) is 32.8 Å². The molecule has 0 spiro atoms. The fraction of sp³-hybridized carbons (Fsp3) is 0.286. The summed E-state index contributed by atoms with van der Waals surface area (Å²) in [5, 5.41) is 8.31. The third-order valence-corrected chi connectivity index (χ3v) is 4.56. The van der Waals surface area contributed by atoms with E-state index in [1.165, 1.54) is 16.8 Å². The molecule has 0 radical (unpaired) electrons. The van der Waals surface area contributed by atoms with E-state index in [1.807, 2.05) is 35.0 Å². The number of hydrogen-bond donors (Lipinski definition) is 1. The highest BCUT2D eigenvalue weighted by Crippen LogP contribution is 2.32. The van der Waals surface area contributed by atoms with Gasteiger partial charge in [-0.3, -0.25) is 0 Å². The van der Waals surface area contributed by atoms with Gasteiger partial charge >= 0.3 is 0 Å². The lowest BCUT2D eigenvalue weighted by molar-refractivity contribution is 0.306. The highest BCUT2D eigenvalue weighted by molar-refractivity contribution is 5.58. The maximum Gasteiger partial charge on any atom is 0.133 e. The van der Waals surface area contributed by atoms with Crippen LogP contribution in [0.15, 0.2) is 54.6 Å². The zero-order chi connectivity index (χ0) is 17.2. The number of ether oxygens (including phenoxy) is 1. The topological polar surface area (TPSA) is 39.1 Å². The van der Waals surface area contributed by atoms with Gasteiger partial charge in [0.2, 0.25) is 0 Å². The van der Waals surface area contributed by atoms with Crippen LogP contribution >= 0.6 is 0 Å². The van der Waals surface area contributed by atoms with Crippen LogP contribution in [-0.4, -0.2) is 16.3 Å². The lowest BCUT2D eigenvalue weighted by Gasteiger charge is -2.09. The van der Waals surface area contributed by atoms with Gasteiger partial charge in [-0.15, -0.1) is 0 Å². The summed E-state index contributed by atoms with van der Waals surface area (Å²) < 4.78 is 7.90. The summed E-state index contributed by atoms with van der Waals surface area (Å²) in [4.78, 5) is 0. The molecule has 0 saturated carbocycles. The van der Waals surface area contributed by atoms with Crippen LogP contribution in [0.25, 0.3) is 5.69 Å². The predicted molar refractivity (Wildman–Crippen MR) is 101 cm³/mol. The second kappa shape index (κ2) is 6.63. The van der Waals surface area contributed by atoms with Gasteiger partial charge in [-0.05, 0) is 42.2 Å². The van der Waals surface area contributed by atoms with Crippen LogP contribution in [0.3, 0.4) is 0 Å². The van der Waals surface area contributed by atoms with Gasteiger partial charge in [-0.1, -0.05) is 44.2 Å². The zero-order valence-electron chi connectivity index (χ0n) is 14.7. The quantitative estimate of drug-likeness (QED) is 0.745. The van der Waals surface area contributed by atoms with E-state index in [0.717, 1.165) is 30.2 Å². The molecule has 1 aromatic heterocycles. The summed E-state index contributed by atoms with van der Waals surface area (Å²) in [6.45, 7) is 5.97. The van der Waals surface area contributed by atoms with Crippen molar-refractivity contribution in [3.63, 3.8) is 0 Å². The normalized spacial score (nSPS) is 12.9. The SMILES string of the molecule is CC(C)c1nn(-c2ccc(OCc3ccccc3)cc2)c2c1CCN2. The Bertz CT molecular complexity index is 851. The Morgan fingerprint density at radius 2 is 1.84 bits per heavy atom. The van der Waals surface area contributed by atoms with Crippen LogP contribution in [0.4, 0.5) is 5.82 Å². The summed E-state index contributed by atoms with van der Waals surface area (Å²) in [6, 6.07) is 18.4. The molecule has 1 aliphatic rings. The Kier molecular flexibility index (Phi) is 4.18. The van der Waals surface area contributed by atoms with Gasteiger partial charge in [0, 0.05) is 12.1 Å². The van der Waals surface area contributed by atoms with Crippen molar-refractivity contribution in [1.82, 2.24) is 9.78 Å². The number of aromatic nitrogens is 2. The second-order valence-electron chi connectivity index (χ2n) is 6.72. The fourth-order valence-corrected chi connectivity index (χ4v) is 3.28. The molecule has 4 rings (SSSR count). The first-order valence-electron chi connectivity index (χ1n) is 8.85. The number of hydrogen-bond acceptors (Lipinski definition) is 3. The van der Waals surface area contributed by atoms with Crippen molar-refractivity contribution in [2.75, 3.05) is 11.9 Å². The maximum atomic E-state index is 5.87. The fourth-order valence-electron chi connectivity index (χ4n) is 3.28. The van der Waals surface area contributed by atoms with E-state index in [4.69, 9.17) is 9.84 Å². The van der Waals surface area contributed by atoms with Gasteiger partial charge < -0.3 is 10.1 Å². The van der Waals surface area contributed by atoms with E-state index in [1.54, 1.807) is 0 Å². The van der Waals surface area contributed by atoms with E-state index < -0.39 is 0 Å². The Balaban J connectivity index is 1.54. The Hall–Kier alpha value is -2.75. The first-order chi connectivity index (χ1) is 12.2. The molecule has 1 aliphatic heterocycles. The molecule has 2 aromatic carbocycles. The summed E-state index contributed by atoms with van der Waals surface area (Å²) in [7, 11) is 0. The number of nitrogens with one attached hydrogen (secondary N) is 1. The van der Waals surface area contributed by atoms with E-state index >= 15 is 0 Å². The minimum absolute atomic E-state index is 0.434. The van der Waals surface area contributed by atoms with E-state index in [9.17, 15) is 0 Å². The largest absolute Gasteiger partial charge is 0.489 e. The molecular weight excluding hydrogens is 310 g/mol. The molecule has 0 fully saturated rings. The van der Waals surface area contributed by atoms with Crippen LogP contribution in [0.2, 0.25) is 0 Å². The van der Waals surface area contributed by atoms with Crippen LogP contribution in [0, 0.1) is 0 Å². The Morgan fingerprint density at radius 3 is 2.56 bits per heavy atom. The second-order valence-corrected chi connectivity index (χ2v) is 6.72. The van der Waals surface area contributed by atoms with Crippen LogP contribution in [0.5, 0.6) is 5.75 Å². The lowest BCUT2D eigenvalue weighted by atomic mass is 10.1. The van der Waals surface area contributed by atoms with Crippen molar-refractivity contribution in [2.24, 2.45) is 0 Å². The molecule has 0 unspecified atom stereocenters. The van der Waals surface area contributed by atoms with Gasteiger partial charge in [0.05, 0.1) is 11.4 Å². The van der Waals surface area contributed by atoms with Crippen LogP contribution in [-0.2, 0) is 13.0 Å². The smallest absolute Gasteiger partial charge is 0.133 e. The van der Waals surface area contributed by atoms with Gasteiger partial charge in [0.15, 0.2) is 0 Å². The highest BCUT2D eigenvalue weighted by Gasteiger charge is 2.24. The standard InChI is InChI=1S/C21H23N3O/c1-15(2)20-19-12-13-22-21(19)24(23-20)17-8-10-18(11-9-17)25-14-16-6-4-3-5-7-16/h3-11,15,22H,12-14H2,1-2H3. The number of fused-ring (bicyclic) bond motifs is 1. The Labute approximate surface area is 148 Å². The monoisotopic (exact) mass is 333 g/mol. The van der Waals surface area contributed by atoms with E-state index in [-0.39, 0.29) is 0 Å². The lowest BCUT2D eigenvalue weighted by Crippen LogP contribution is -2.05. The van der Waals surface area contributed by atoms with E-state index in [0.29, 0.717) is 12.5 Å². The van der Waals surface area contributed by atoms with Crippen LogP contribution in [0.1, 0.15) is 36.6 Å². The molecule has 2 heterocycles. The average Bonchev–Trinajstić information content (AvgIpc) is 3.24. The average molecular weight is 333 g/mol. The van der Waals surface area contributed by atoms with Crippen molar-refractivity contribution >= 4 is 5.82 Å². The van der Waals surface area contributed by atoms with Crippen molar-refractivity contribution in [1.29, 1.82) is 0 Å². The molecule has 25 heavy (non-hydrogen) atoms. The summed E-state index contributed by atoms with van der Waals surface area (Å²) in [6.07, 6.45) is 1.06. The molecular formula is C21H23N3O. The molecule has 0 aliphatic carbocycles. The molecule has 0 amide bonds. The Morgan fingerprint density at radius 1 is 1.08 bits per heavy atom. The minimum atomic E-state index is 0.434. The molecule has 4 nitrogen and oxygen atoms in total. The number of rotatable bonds is 5. The van der Waals surface area contributed by atoms with E-state index in [2.05, 4.69) is 43.4 Å². The van der Waals surface area contributed by atoms with Gasteiger partial charge in [-0.2, -0.15) is 5.10 Å². The van der Waals surface area contributed by atoms with Gasteiger partial charge in [-0.25, -0.2) is 4.68 Å². The zero-order valence-corrected chi connectivity index (χ0v) is 14.7. The summed E-state index contributed by atoms with van der Waals surface area (Å²) in [5.41, 5.74) is 4.79. The number of anilines is 1. The third kappa shape index (κ3) is 3.12. The minimum Gasteiger partial charge on any atom is -0.489 e. The molecule has 0 saturated heterocycles. The number of nitrogens with zero attached hydrogens (tertiary/aromatic N) is 2.